The average molecular weight is 440 g/mol. The highest BCUT2D eigenvalue weighted by atomic mass is 19.1. The van der Waals surface area contributed by atoms with Crippen molar-refractivity contribution in [1.29, 1.82) is 0 Å². The summed E-state index contributed by atoms with van der Waals surface area (Å²) in [7, 11) is 0. The Morgan fingerprint density at radius 2 is 1.81 bits per heavy atom. The van der Waals surface area contributed by atoms with Crippen LogP contribution in [0.15, 0.2) is 36.4 Å². The quantitative estimate of drug-likeness (QED) is 0.718. The SMILES string of the molecule is O=C(Nc1ccccc1F)c1ccc(NC2C[C@@H]3CN(CC4CCOCC4)C[C@@H]3C2)nn1. The number of para-hydroxylation sites is 1. The van der Waals surface area contributed by atoms with Gasteiger partial charge in [-0.25, -0.2) is 4.39 Å². The molecule has 1 unspecified atom stereocenters. The maximum Gasteiger partial charge on any atom is 0.276 e. The summed E-state index contributed by atoms with van der Waals surface area (Å²) < 4.78 is 19.2. The van der Waals surface area contributed by atoms with E-state index >= 15 is 0 Å². The van der Waals surface area contributed by atoms with Crippen LogP contribution in [0.1, 0.15) is 36.2 Å². The fraction of sp³-hybridized carbons (Fsp3) is 0.542. The number of carbonyl (C=O) groups excluding carboxylic acids is 1. The number of hydrogen-bond acceptors (Lipinski definition) is 6. The van der Waals surface area contributed by atoms with Crippen molar-refractivity contribution in [1.82, 2.24) is 15.1 Å². The Hall–Kier alpha value is -2.58. The number of fused-ring (bicyclic) bond motifs is 1. The van der Waals surface area contributed by atoms with Gasteiger partial charge in [0.2, 0.25) is 0 Å². The van der Waals surface area contributed by atoms with E-state index in [1.54, 1.807) is 24.3 Å². The molecular weight excluding hydrogens is 409 g/mol. The first-order chi connectivity index (χ1) is 15.6. The van der Waals surface area contributed by atoms with E-state index in [0.29, 0.717) is 11.9 Å². The van der Waals surface area contributed by atoms with Crippen LogP contribution >= 0.6 is 0 Å². The van der Waals surface area contributed by atoms with E-state index in [4.69, 9.17) is 4.74 Å². The fourth-order valence-corrected chi connectivity index (χ4v) is 5.45. The fourth-order valence-electron chi connectivity index (χ4n) is 5.45. The van der Waals surface area contributed by atoms with Crippen molar-refractivity contribution in [3.05, 3.63) is 47.9 Å². The molecule has 5 rings (SSSR count). The molecule has 0 radical (unpaired) electrons. The van der Waals surface area contributed by atoms with Gasteiger partial charge in [-0.15, -0.1) is 10.2 Å². The summed E-state index contributed by atoms with van der Waals surface area (Å²) in [5, 5.41) is 14.2. The van der Waals surface area contributed by atoms with Gasteiger partial charge in [0.15, 0.2) is 5.69 Å². The number of nitrogens with zero attached hydrogens (tertiary/aromatic N) is 3. The van der Waals surface area contributed by atoms with Gasteiger partial charge in [-0.2, -0.15) is 0 Å². The number of likely N-dealkylation sites (tertiary alicyclic amines) is 1. The number of anilines is 2. The topological polar surface area (TPSA) is 79.4 Å². The molecule has 32 heavy (non-hydrogen) atoms. The van der Waals surface area contributed by atoms with E-state index in [2.05, 4.69) is 25.7 Å². The van der Waals surface area contributed by atoms with Gasteiger partial charge in [0.1, 0.15) is 11.6 Å². The van der Waals surface area contributed by atoms with Crippen LogP contribution in [0, 0.1) is 23.6 Å². The highest BCUT2D eigenvalue weighted by Crippen LogP contribution is 2.39. The van der Waals surface area contributed by atoms with E-state index < -0.39 is 11.7 Å². The first-order valence-electron chi connectivity index (χ1n) is 11.6. The average Bonchev–Trinajstić information content (AvgIpc) is 3.34. The van der Waals surface area contributed by atoms with Crippen molar-refractivity contribution in [3.8, 4) is 0 Å². The Morgan fingerprint density at radius 3 is 2.50 bits per heavy atom. The van der Waals surface area contributed by atoms with Gasteiger partial charge in [-0.1, -0.05) is 12.1 Å². The molecule has 2 aliphatic heterocycles. The summed E-state index contributed by atoms with van der Waals surface area (Å²) in [5.41, 5.74) is 0.288. The monoisotopic (exact) mass is 439 g/mol. The first-order valence-corrected chi connectivity index (χ1v) is 11.6. The zero-order chi connectivity index (χ0) is 21.9. The second-order valence-corrected chi connectivity index (χ2v) is 9.34. The molecule has 8 heteroatoms. The molecule has 1 saturated carbocycles. The van der Waals surface area contributed by atoms with E-state index in [9.17, 15) is 9.18 Å². The largest absolute Gasteiger partial charge is 0.381 e. The third-order valence-electron chi connectivity index (χ3n) is 7.06. The minimum atomic E-state index is -0.481. The summed E-state index contributed by atoms with van der Waals surface area (Å²) in [6.07, 6.45) is 4.68. The predicted molar refractivity (Wildman–Crippen MR) is 120 cm³/mol. The molecule has 3 heterocycles. The lowest BCUT2D eigenvalue weighted by Crippen LogP contribution is -2.32. The van der Waals surface area contributed by atoms with Crippen LogP contribution in [0.5, 0.6) is 0 Å². The Labute approximate surface area is 187 Å². The Bertz CT molecular complexity index is 920. The number of carbonyl (C=O) groups is 1. The van der Waals surface area contributed by atoms with E-state index in [1.165, 1.54) is 44.6 Å². The van der Waals surface area contributed by atoms with Crippen molar-refractivity contribution < 1.29 is 13.9 Å². The van der Waals surface area contributed by atoms with Crippen LogP contribution in [0.2, 0.25) is 0 Å². The van der Waals surface area contributed by atoms with Gasteiger partial charge < -0.3 is 20.3 Å². The van der Waals surface area contributed by atoms with Crippen LogP contribution in [-0.4, -0.2) is 59.9 Å². The molecule has 170 valence electrons. The third-order valence-corrected chi connectivity index (χ3v) is 7.06. The standard InChI is InChI=1S/C24H30FN5O2/c25-20-3-1-2-4-21(20)27-24(31)22-5-6-23(29-28-22)26-19-11-17-14-30(15-18(17)12-19)13-16-7-9-32-10-8-16/h1-6,16-19H,7-15H2,(H,26,29)(H,27,31)/t17-,18+,19?. The molecule has 2 saturated heterocycles. The van der Waals surface area contributed by atoms with E-state index in [1.807, 2.05) is 0 Å². The normalized spacial score (nSPS) is 26.1. The number of ether oxygens (including phenoxy) is 1. The molecule has 3 aliphatic rings. The van der Waals surface area contributed by atoms with Gasteiger partial charge >= 0.3 is 0 Å². The number of rotatable bonds is 6. The minimum absolute atomic E-state index is 0.130. The molecule has 7 nitrogen and oxygen atoms in total. The zero-order valence-corrected chi connectivity index (χ0v) is 18.2. The van der Waals surface area contributed by atoms with Crippen LogP contribution in [0.4, 0.5) is 15.9 Å². The first kappa shape index (κ1) is 21.3. The van der Waals surface area contributed by atoms with Gasteiger partial charge in [0, 0.05) is 38.9 Å². The van der Waals surface area contributed by atoms with Crippen LogP contribution in [0.25, 0.3) is 0 Å². The van der Waals surface area contributed by atoms with E-state index in [0.717, 1.165) is 43.8 Å². The van der Waals surface area contributed by atoms with Gasteiger partial charge in [-0.3, -0.25) is 4.79 Å². The van der Waals surface area contributed by atoms with Crippen molar-refractivity contribution >= 4 is 17.4 Å². The molecule has 1 aliphatic carbocycles. The smallest absolute Gasteiger partial charge is 0.276 e. The minimum Gasteiger partial charge on any atom is -0.381 e. The third kappa shape index (κ3) is 4.91. The highest BCUT2D eigenvalue weighted by Gasteiger charge is 2.41. The van der Waals surface area contributed by atoms with E-state index in [-0.39, 0.29) is 11.4 Å². The summed E-state index contributed by atoms with van der Waals surface area (Å²) in [5.74, 6) is 1.99. The molecule has 3 fully saturated rings. The molecule has 3 atom stereocenters. The number of nitrogens with one attached hydrogen (secondary N) is 2. The number of benzene rings is 1. The lowest BCUT2D eigenvalue weighted by molar-refractivity contribution is 0.0545. The molecule has 1 amide bonds. The predicted octanol–water partition coefficient (Wildman–Crippen LogP) is 3.42. The Kier molecular flexibility index (Phi) is 6.32. The molecule has 1 aromatic heterocycles. The number of aromatic nitrogens is 2. The maximum atomic E-state index is 13.7. The summed E-state index contributed by atoms with van der Waals surface area (Å²) in [6.45, 7) is 5.45. The molecule has 0 spiro atoms. The lowest BCUT2D eigenvalue weighted by atomic mass is 10.00. The van der Waals surface area contributed by atoms with Gasteiger partial charge in [0.25, 0.3) is 5.91 Å². The summed E-state index contributed by atoms with van der Waals surface area (Å²) in [4.78, 5) is 15.0. The van der Waals surface area contributed by atoms with Crippen LogP contribution < -0.4 is 10.6 Å². The van der Waals surface area contributed by atoms with Gasteiger partial charge in [-0.05, 0) is 67.7 Å². The second-order valence-electron chi connectivity index (χ2n) is 9.34. The lowest BCUT2D eigenvalue weighted by Gasteiger charge is -2.27. The number of hydrogen-bond donors (Lipinski definition) is 2. The zero-order valence-electron chi connectivity index (χ0n) is 18.2. The molecular formula is C24H30FN5O2. The van der Waals surface area contributed by atoms with Crippen LogP contribution in [-0.2, 0) is 4.74 Å². The van der Waals surface area contributed by atoms with Crippen molar-refractivity contribution in [2.45, 2.75) is 31.7 Å². The summed E-state index contributed by atoms with van der Waals surface area (Å²) >= 11 is 0. The molecule has 1 aromatic carbocycles. The number of amides is 1. The summed E-state index contributed by atoms with van der Waals surface area (Å²) in [6, 6.07) is 9.84. The van der Waals surface area contributed by atoms with Crippen molar-refractivity contribution in [2.75, 3.05) is 43.5 Å². The Balaban J connectivity index is 1.10. The van der Waals surface area contributed by atoms with Gasteiger partial charge in [0.05, 0.1) is 5.69 Å². The maximum absolute atomic E-state index is 13.7. The number of halogens is 1. The van der Waals surface area contributed by atoms with Crippen molar-refractivity contribution in [3.63, 3.8) is 0 Å². The Morgan fingerprint density at radius 1 is 1.06 bits per heavy atom. The molecule has 2 aromatic rings. The van der Waals surface area contributed by atoms with Crippen LogP contribution in [0.3, 0.4) is 0 Å². The highest BCUT2D eigenvalue weighted by molar-refractivity contribution is 6.02. The van der Waals surface area contributed by atoms with Crippen molar-refractivity contribution in [2.24, 2.45) is 17.8 Å². The molecule has 2 N–H and O–H groups in total. The second kappa shape index (κ2) is 9.50. The molecule has 0 bridgehead atoms.